The number of nitrogens with zero attached hydrogens (tertiary/aromatic N) is 1. The number of carboxylic acids is 1. The van der Waals surface area contributed by atoms with Crippen LogP contribution in [0.25, 0.3) is 22.1 Å². The number of furan rings is 1. The molecule has 0 saturated heterocycles. The van der Waals surface area contributed by atoms with Gasteiger partial charge < -0.3 is 20.0 Å². The van der Waals surface area contributed by atoms with E-state index in [1.807, 2.05) is 19.1 Å². The van der Waals surface area contributed by atoms with Crippen LogP contribution in [0.1, 0.15) is 22.4 Å². The van der Waals surface area contributed by atoms with Gasteiger partial charge in [-0.25, -0.2) is 4.39 Å². The standard InChI is InChI=1S/C24H21FN2O4/c1-14-3-2-4-16(11-21(28)29)23(14)31-13-15-9-17-6-8-30-24(17)19(10-15)18-5-7-27-20(12-26)22(18)25/h2-10H,11-13,26H2,1H3,(H,28,29). The first-order valence-electron chi connectivity index (χ1n) is 9.75. The third-order valence-electron chi connectivity index (χ3n) is 5.07. The van der Waals surface area contributed by atoms with Crippen molar-refractivity contribution in [1.29, 1.82) is 0 Å². The molecule has 4 rings (SSSR count). The molecule has 0 fully saturated rings. The van der Waals surface area contributed by atoms with Crippen molar-refractivity contribution in [1.82, 2.24) is 4.98 Å². The summed E-state index contributed by atoms with van der Waals surface area (Å²) in [5.41, 5.74) is 9.50. The van der Waals surface area contributed by atoms with Crippen molar-refractivity contribution in [3.8, 4) is 16.9 Å². The van der Waals surface area contributed by atoms with Crippen molar-refractivity contribution in [2.75, 3.05) is 0 Å². The largest absolute Gasteiger partial charge is 0.488 e. The number of nitrogens with two attached hydrogens (primary N) is 1. The summed E-state index contributed by atoms with van der Waals surface area (Å²) in [6.45, 7) is 2.04. The molecule has 0 aliphatic heterocycles. The van der Waals surface area contributed by atoms with Gasteiger partial charge in [0.1, 0.15) is 17.9 Å². The van der Waals surface area contributed by atoms with Crippen LogP contribution in [0.4, 0.5) is 4.39 Å². The van der Waals surface area contributed by atoms with Gasteiger partial charge in [0.05, 0.1) is 18.4 Å². The van der Waals surface area contributed by atoms with Crippen LogP contribution < -0.4 is 10.5 Å². The Morgan fingerprint density at radius 3 is 2.84 bits per heavy atom. The molecule has 0 unspecified atom stereocenters. The summed E-state index contributed by atoms with van der Waals surface area (Å²) in [5.74, 6) is -0.871. The van der Waals surface area contributed by atoms with Crippen LogP contribution >= 0.6 is 0 Å². The molecule has 2 aromatic heterocycles. The molecule has 0 radical (unpaired) electrons. The van der Waals surface area contributed by atoms with Crippen molar-refractivity contribution in [2.45, 2.75) is 26.5 Å². The lowest BCUT2D eigenvalue weighted by Crippen LogP contribution is -2.06. The zero-order chi connectivity index (χ0) is 22.0. The predicted molar refractivity (Wildman–Crippen MR) is 114 cm³/mol. The van der Waals surface area contributed by atoms with Gasteiger partial charge in [-0.1, -0.05) is 18.2 Å². The Bertz CT molecular complexity index is 1270. The van der Waals surface area contributed by atoms with Gasteiger partial charge in [-0.15, -0.1) is 0 Å². The van der Waals surface area contributed by atoms with Gasteiger partial charge >= 0.3 is 5.97 Å². The molecule has 0 atom stereocenters. The summed E-state index contributed by atoms with van der Waals surface area (Å²) >= 11 is 0. The molecular weight excluding hydrogens is 399 g/mol. The highest BCUT2D eigenvalue weighted by atomic mass is 19.1. The van der Waals surface area contributed by atoms with E-state index in [9.17, 15) is 14.3 Å². The Kier molecular flexibility index (Phi) is 5.68. The van der Waals surface area contributed by atoms with Crippen molar-refractivity contribution in [2.24, 2.45) is 5.73 Å². The van der Waals surface area contributed by atoms with Gasteiger partial charge in [0.25, 0.3) is 0 Å². The smallest absolute Gasteiger partial charge is 0.307 e. The minimum atomic E-state index is -0.929. The summed E-state index contributed by atoms with van der Waals surface area (Å²) < 4.78 is 26.6. The van der Waals surface area contributed by atoms with E-state index in [0.29, 0.717) is 28.0 Å². The van der Waals surface area contributed by atoms with Crippen molar-refractivity contribution < 1.29 is 23.4 Å². The Labute approximate surface area is 178 Å². The fourth-order valence-corrected chi connectivity index (χ4v) is 3.64. The van der Waals surface area contributed by atoms with Gasteiger partial charge in [0.15, 0.2) is 5.82 Å². The number of hydrogen-bond donors (Lipinski definition) is 2. The van der Waals surface area contributed by atoms with E-state index in [1.165, 1.54) is 6.20 Å². The van der Waals surface area contributed by atoms with Gasteiger partial charge in [0, 0.05) is 34.8 Å². The number of aliphatic carboxylic acids is 1. The van der Waals surface area contributed by atoms with Crippen LogP contribution in [0.5, 0.6) is 5.75 Å². The number of ether oxygens (including phenoxy) is 1. The number of hydrogen-bond acceptors (Lipinski definition) is 5. The second-order valence-corrected chi connectivity index (χ2v) is 7.23. The zero-order valence-corrected chi connectivity index (χ0v) is 16.9. The average Bonchev–Trinajstić information content (AvgIpc) is 3.21. The SMILES string of the molecule is Cc1cccc(CC(=O)O)c1OCc1cc(-c2ccnc(CN)c2F)c2occc2c1. The number of para-hydroxylation sites is 1. The van der Waals surface area contributed by atoms with Gasteiger partial charge in [-0.3, -0.25) is 9.78 Å². The quantitative estimate of drug-likeness (QED) is 0.453. The maximum atomic E-state index is 14.9. The highest BCUT2D eigenvalue weighted by molar-refractivity contribution is 5.93. The predicted octanol–water partition coefficient (Wildman–Crippen LogP) is 4.61. The molecule has 0 aliphatic carbocycles. The molecule has 0 amide bonds. The molecule has 0 aliphatic rings. The Balaban J connectivity index is 1.72. The maximum Gasteiger partial charge on any atom is 0.307 e. The van der Waals surface area contributed by atoms with E-state index >= 15 is 0 Å². The molecular formula is C24H21FN2O4. The number of benzene rings is 2. The topological polar surface area (TPSA) is 98.6 Å². The molecule has 7 heteroatoms. The fraction of sp³-hybridized carbons (Fsp3) is 0.167. The Morgan fingerprint density at radius 2 is 2.06 bits per heavy atom. The summed E-state index contributed by atoms with van der Waals surface area (Å²) in [4.78, 5) is 15.2. The van der Waals surface area contributed by atoms with Gasteiger partial charge in [0.2, 0.25) is 0 Å². The first-order chi connectivity index (χ1) is 15.0. The summed E-state index contributed by atoms with van der Waals surface area (Å²) in [6.07, 6.45) is 2.94. The number of carbonyl (C=O) groups is 1. The van der Waals surface area contributed by atoms with E-state index in [1.54, 1.807) is 36.6 Å². The van der Waals surface area contributed by atoms with Crippen LogP contribution in [0.3, 0.4) is 0 Å². The lowest BCUT2D eigenvalue weighted by molar-refractivity contribution is -0.136. The first-order valence-corrected chi connectivity index (χ1v) is 9.75. The van der Waals surface area contributed by atoms with Crippen LogP contribution in [0.2, 0.25) is 0 Å². The molecule has 31 heavy (non-hydrogen) atoms. The van der Waals surface area contributed by atoms with Crippen LogP contribution in [0, 0.1) is 12.7 Å². The fourth-order valence-electron chi connectivity index (χ4n) is 3.64. The van der Waals surface area contributed by atoms with Gasteiger partial charge in [-0.2, -0.15) is 0 Å². The van der Waals surface area contributed by atoms with Crippen LogP contribution in [-0.4, -0.2) is 16.1 Å². The number of aromatic nitrogens is 1. The second-order valence-electron chi connectivity index (χ2n) is 7.23. The first kappa shape index (κ1) is 20.6. The number of rotatable bonds is 7. The molecule has 4 aromatic rings. The monoisotopic (exact) mass is 420 g/mol. The van der Waals surface area contributed by atoms with E-state index in [4.69, 9.17) is 14.9 Å². The minimum Gasteiger partial charge on any atom is -0.488 e. The van der Waals surface area contributed by atoms with Crippen molar-refractivity contribution >= 4 is 16.9 Å². The second kappa shape index (κ2) is 8.57. The van der Waals surface area contributed by atoms with Crippen molar-refractivity contribution in [3.05, 3.63) is 83.1 Å². The van der Waals surface area contributed by atoms with E-state index < -0.39 is 11.8 Å². The average molecular weight is 420 g/mol. The van der Waals surface area contributed by atoms with E-state index in [0.717, 1.165) is 16.5 Å². The molecule has 2 heterocycles. The highest BCUT2D eigenvalue weighted by Crippen LogP contribution is 2.34. The normalized spacial score (nSPS) is 11.1. The number of halogens is 1. The summed E-state index contributed by atoms with van der Waals surface area (Å²) in [7, 11) is 0. The van der Waals surface area contributed by atoms with E-state index in [2.05, 4.69) is 4.98 Å². The van der Waals surface area contributed by atoms with Crippen LogP contribution in [0.15, 0.2) is 59.3 Å². The lowest BCUT2D eigenvalue weighted by Gasteiger charge is -2.14. The molecule has 0 saturated carbocycles. The molecule has 6 nitrogen and oxygen atoms in total. The third kappa shape index (κ3) is 4.13. The number of carboxylic acid groups (broad SMARTS) is 1. The highest BCUT2D eigenvalue weighted by Gasteiger charge is 2.17. The molecule has 0 bridgehead atoms. The molecule has 3 N–H and O–H groups in total. The molecule has 2 aromatic carbocycles. The van der Waals surface area contributed by atoms with E-state index in [-0.39, 0.29) is 25.3 Å². The minimum absolute atomic E-state index is 0.0105. The number of pyridine rings is 1. The Hall–Kier alpha value is -3.71. The molecule has 158 valence electrons. The lowest BCUT2D eigenvalue weighted by atomic mass is 10.00. The van der Waals surface area contributed by atoms with Crippen molar-refractivity contribution in [3.63, 3.8) is 0 Å². The van der Waals surface area contributed by atoms with Crippen LogP contribution in [-0.2, 0) is 24.4 Å². The number of aryl methyl sites for hydroxylation is 1. The number of fused-ring (bicyclic) bond motifs is 1. The maximum absolute atomic E-state index is 14.9. The summed E-state index contributed by atoms with van der Waals surface area (Å²) in [5, 5.41) is 9.98. The zero-order valence-electron chi connectivity index (χ0n) is 16.9. The van der Waals surface area contributed by atoms with Gasteiger partial charge in [-0.05, 0) is 42.3 Å². The third-order valence-corrected chi connectivity index (χ3v) is 5.07. The summed E-state index contributed by atoms with van der Waals surface area (Å²) in [6, 6.07) is 12.5. The Morgan fingerprint density at radius 1 is 1.23 bits per heavy atom. The molecule has 0 spiro atoms.